The van der Waals surface area contributed by atoms with Crippen LogP contribution >= 0.6 is 24.0 Å². The van der Waals surface area contributed by atoms with Crippen LogP contribution in [0.3, 0.4) is 0 Å². The Balaban J connectivity index is 0.00000200. The number of hydrogen-bond donors (Lipinski definition) is 1. The zero-order valence-electron chi connectivity index (χ0n) is 12.7. The van der Waals surface area contributed by atoms with Gasteiger partial charge in [-0.2, -0.15) is 5.10 Å². The van der Waals surface area contributed by atoms with Crippen molar-refractivity contribution in [3.8, 4) is 0 Å². The van der Waals surface area contributed by atoms with E-state index in [4.69, 9.17) is 4.99 Å². The maximum Gasteiger partial charge on any atom is 0.194 e. The van der Waals surface area contributed by atoms with Gasteiger partial charge in [-0.15, -0.1) is 24.0 Å². The monoisotopic (exact) mass is 391 g/mol. The maximum absolute atomic E-state index is 4.72. The lowest BCUT2D eigenvalue weighted by atomic mass is 10.00. The van der Waals surface area contributed by atoms with E-state index in [1.807, 2.05) is 24.1 Å². The number of rotatable bonds is 3. The van der Waals surface area contributed by atoms with E-state index in [1.54, 1.807) is 0 Å². The fraction of sp³-hybridized carbons (Fsp3) is 0.714. The molecule has 1 aliphatic heterocycles. The molecule has 1 aromatic rings. The van der Waals surface area contributed by atoms with E-state index >= 15 is 0 Å². The molecule has 5 nitrogen and oxygen atoms in total. The quantitative estimate of drug-likeness (QED) is 0.489. The molecule has 1 saturated heterocycles. The van der Waals surface area contributed by atoms with Crippen LogP contribution in [0.4, 0.5) is 0 Å². The van der Waals surface area contributed by atoms with Crippen molar-refractivity contribution in [2.75, 3.05) is 19.6 Å². The van der Waals surface area contributed by atoms with E-state index in [1.165, 1.54) is 12.8 Å². The van der Waals surface area contributed by atoms with Crippen LogP contribution in [-0.4, -0.2) is 40.3 Å². The molecule has 114 valence electrons. The third-order valence-corrected chi connectivity index (χ3v) is 3.59. The minimum atomic E-state index is 0. The number of aliphatic imine (C=N–C) groups is 1. The van der Waals surface area contributed by atoms with Gasteiger partial charge in [0.25, 0.3) is 0 Å². The van der Waals surface area contributed by atoms with Crippen molar-refractivity contribution in [2.45, 2.75) is 33.2 Å². The average molecular weight is 391 g/mol. The Kier molecular flexibility index (Phi) is 7.32. The van der Waals surface area contributed by atoms with Crippen molar-refractivity contribution in [1.29, 1.82) is 0 Å². The lowest BCUT2D eigenvalue weighted by Gasteiger charge is -2.32. The summed E-state index contributed by atoms with van der Waals surface area (Å²) in [6, 6.07) is 0. The van der Waals surface area contributed by atoms with Gasteiger partial charge in [-0.25, -0.2) is 4.99 Å². The van der Waals surface area contributed by atoms with Gasteiger partial charge < -0.3 is 10.2 Å². The van der Waals surface area contributed by atoms with Crippen LogP contribution in [0.2, 0.25) is 0 Å². The fourth-order valence-corrected chi connectivity index (χ4v) is 2.37. The molecular formula is C14H26IN5. The van der Waals surface area contributed by atoms with Crippen molar-refractivity contribution < 1.29 is 0 Å². The van der Waals surface area contributed by atoms with Gasteiger partial charge >= 0.3 is 0 Å². The fourth-order valence-electron chi connectivity index (χ4n) is 2.37. The molecule has 0 amide bonds. The van der Waals surface area contributed by atoms with Crippen LogP contribution in [0.25, 0.3) is 0 Å². The average Bonchev–Trinajstić information content (AvgIpc) is 2.81. The summed E-state index contributed by atoms with van der Waals surface area (Å²) < 4.78 is 1.82. The molecular weight excluding hydrogens is 365 g/mol. The van der Waals surface area contributed by atoms with Gasteiger partial charge in [-0.05, 0) is 25.7 Å². The topological polar surface area (TPSA) is 45.5 Å². The Morgan fingerprint density at radius 2 is 2.15 bits per heavy atom. The van der Waals surface area contributed by atoms with E-state index in [0.717, 1.165) is 37.1 Å². The van der Waals surface area contributed by atoms with Gasteiger partial charge in [0.1, 0.15) is 0 Å². The van der Waals surface area contributed by atoms with Crippen molar-refractivity contribution in [2.24, 2.45) is 18.0 Å². The number of guanidine groups is 1. The standard InChI is InChI=1S/C14H25N5.HI/c1-4-15-14(19-7-5-12(2)6-8-19)16-9-13-10-17-18(3)11-13;/h10-12H,4-9H2,1-3H3,(H,15,16);1H. The van der Waals surface area contributed by atoms with E-state index < -0.39 is 0 Å². The highest BCUT2D eigenvalue weighted by molar-refractivity contribution is 14.0. The number of aromatic nitrogens is 2. The molecule has 0 radical (unpaired) electrons. The predicted molar refractivity (Wildman–Crippen MR) is 93.4 cm³/mol. The predicted octanol–water partition coefficient (Wildman–Crippen LogP) is 2.24. The molecule has 6 heteroatoms. The highest BCUT2D eigenvalue weighted by atomic mass is 127. The zero-order valence-corrected chi connectivity index (χ0v) is 15.0. The van der Waals surface area contributed by atoms with Crippen LogP contribution in [0.1, 0.15) is 32.3 Å². The highest BCUT2D eigenvalue weighted by Crippen LogP contribution is 2.16. The van der Waals surface area contributed by atoms with Crippen molar-refractivity contribution in [1.82, 2.24) is 20.0 Å². The summed E-state index contributed by atoms with van der Waals surface area (Å²) in [5.74, 6) is 1.88. The maximum atomic E-state index is 4.72. The summed E-state index contributed by atoms with van der Waals surface area (Å²) >= 11 is 0. The number of nitrogens with one attached hydrogen (secondary N) is 1. The SMILES string of the molecule is CCNC(=NCc1cnn(C)c1)N1CCC(C)CC1.I. The van der Waals surface area contributed by atoms with Gasteiger partial charge in [0.2, 0.25) is 0 Å². The molecule has 1 aliphatic rings. The summed E-state index contributed by atoms with van der Waals surface area (Å²) in [7, 11) is 1.93. The Morgan fingerprint density at radius 3 is 2.70 bits per heavy atom. The second-order valence-electron chi connectivity index (χ2n) is 5.36. The molecule has 0 unspecified atom stereocenters. The van der Waals surface area contributed by atoms with E-state index in [2.05, 4.69) is 29.2 Å². The first-order valence-electron chi connectivity index (χ1n) is 7.19. The highest BCUT2D eigenvalue weighted by Gasteiger charge is 2.18. The van der Waals surface area contributed by atoms with Gasteiger partial charge in [0.05, 0.1) is 12.7 Å². The van der Waals surface area contributed by atoms with Crippen molar-refractivity contribution in [3.05, 3.63) is 18.0 Å². The van der Waals surface area contributed by atoms with Crippen LogP contribution < -0.4 is 5.32 Å². The van der Waals surface area contributed by atoms with Crippen LogP contribution in [0.5, 0.6) is 0 Å². The Labute approximate surface area is 138 Å². The van der Waals surface area contributed by atoms with Crippen molar-refractivity contribution >= 4 is 29.9 Å². The normalized spacial score (nSPS) is 16.9. The van der Waals surface area contributed by atoms with Gasteiger partial charge in [-0.1, -0.05) is 6.92 Å². The Bertz CT molecular complexity index is 421. The molecule has 1 aromatic heterocycles. The molecule has 0 bridgehead atoms. The number of nitrogens with zero attached hydrogens (tertiary/aromatic N) is 4. The lowest BCUT2D eigenvalue weighted by Crippen LogP contribution is -2.45. The third-order valence-electron chi connectivity index (χ3n) is 3.59. The van der Waals surface area contributed by atoms with E-state index in [0.29, 0.717) is 6.54 Å². The molecule has 0 aromatic carbocycles. The third kappa shape index (κ3) is 4.96. The van der Waals surface area contributed by atoms with Gasteiger partial charge in [0.15, 0.2) is 5.96 Å². The minimum absolute atomic E-state index is 0. The summed E-state index contributed by atoms with van der Waals surface area (Å²) in [6.07, 6.45) is 6.42. The first kappa shape index (κ1) is 17.3. The number of likely N-dealkylation sites (tertiary alicyclic amines) is 1. The summed E-state index contributed by atoms with van der Waals surface area (Å²) in [4.78, 5) is 7.10. The van der Waals surface area contributed by atoms with Crippen LogP contribution in [0, 0.1) is 5.92 Å². The lowest BCUT2D eigenvalue weighted by molar-refractivity contribution is 0.273. The second-order valence-corrected chi connectivity index (χ2v) is 5.36. The van der Waals surface area contributed by atoms with Crippen molar-refractivity contribution in [3.63, 3.8) is 0 Å². The molecule has 0 saturated carbocycles. The number of hydrogen-bond acceptors (Lipinski definition) is 2. The second kappa shape index (κ2) is 8.49. The zero-order chi connectivity index (χ0) is 13.7. The first-order valence-corrected chi connectivity index (χ1v) is 7.19. The van der Waals surface area contributed by atoms with Gasteiger partial charge in [0, 0.05) is 38.4 Å². The Hall–Kier alpha value is -0.790. The molecule has 2 rings (SSSR count). The largest absolute Gasteiger partial charge is 0.357 e. The van der Waals surface area contributed by atoms with Gasteiger partial charge in [-0.3, -0.25) is 4.68 Å². The molecule has 1 fully saturated rings. The molecule has 0 atom stereocenters. The molecule has 0 spiro atoms. The van der Waals surface area contributed by atoms with Crippen LogP contribution in [0.15, 0.2) is 17.4 Å². The smallest absolute Gasteiger partial charge is 0.194 e. The summed E-state index contributed by atoms with van der Waals surface area (Å²) in [5.41, 5.74) is 1.16. The number of piperidine rings is 1. The first-order chi connectivity index (χ1) is 9.19. The molecule has 0 aliphatic carbocycles. The number of aryl methyl sites for hydroxylation is 1. The Morgan fingerprint density at radius 1 is 1.45 bits per heavy atom. The van der Waals surface area contributed by atoms with E-state index in [9.17, 15) is 0 Å². The number of halogens is 1. The van der Waals surface area contributed by atoms with Crippen LogP contribution in [-0.2, 0) is 13.6 Å². The molecule has 1 N–H and O–H groups in total. The molecule has 20 heavy (non-hydrogen) atoms. The summed E-state index contributed by atoms with van der Waals surface area (Å²) in [5, 5.41) is 7.57. The summed E-state index contributed by atoms with van der Waals surface area (Å²) in [6.45, 7) is 8.28. The van der Waals surface area contributed by atoms with E-state index in [-0.39, 0.29) is 24.0 Å². The molecule has 2 heterocycles. The minimum Gasteiger partial charge on any atom is -0.357 e.